The molecule has 144 valence electrons. The lowest BCUT2D eigenvalue weighted by Gasteiger charge is -2.08. The van der Waals surface area contributed by atoms with Crippen molar-refractivity contribution in [3.63, 3.8) is 0 Å². The Morgan fingerprint density at radius 3 is 2.59 bits per heavy atom. The first-order valence-electron chi connectivity index (χ1n) is 8.25. The van der Waals surface area contributed by atoms with Gasteiger partial charge in [-0.15, -0.1) is 11.3 Å². The second kappa shape index (κ2) is 9.48. The number of nitrogens with one attached hydrogen (secondary N) is 1. The Labute approximate surface area is 165 Å². The van der Waals surface area contributed by atoms with Crippen LogP contribution in [0.15, 0.2) is 18.3 Å². The first-order chi connectivity index (χ1) is 12.9. The number of aryl methyl sites for hydroxylation is 1. The highest BCUT2D eigenvalue weighted by atomic mass is 35.5. The average Bonchev–Trinajstić information content (AvgIpc) is 2.95. The standard InChI is InChI=1S/C18H19ClN2O5S/c1-4-12-10(3)15(18(24)25-5-2)16(27-12)21-14(22)9-26-17(23)11-6-7-20-13(19)8-11/h6-8H,4-5,9H2,1-3H3,(H,21,22). The molecule has 9 heteroatoms. The Morgan fingerprint density at radius 1 is 1.22 bits per heavy atom. The van der Waals surface area contributed by atoms with Crippen molar-refractivity contribution in [2.75, 3.05) is 18.5 Å². The van der Waals surface area contributed by atoms with Crippen LogP contribution in [0.3, 0.4) is 0 Å². The smallest absolute Gasteiger partial charge is 0.341 e. The molecule has 0 fully saturated rings. The predicted molar refractivity (Wildman–Crippen MR) is 103 cm³/mol. The number of carbonyl (C=O) groups is 3. The minimum absolute atomic E-state index is 0.147. The summed E-state index contributed by atoms with van der Waals surface area (Å²) in [7, 11) is 0. The third kappa shape index (κ3) is 5.27. The van der Waals surface area contributed by atoms with Gasteiger partial charge in [-0.3, -0.25) is 4.79 Å². The lowest BCUT2D eigenvalue weighted by atomic mass is 10.1. The number of nitrogens with zero attached hydrogens (tertiary/aromatic N) is 1. The fourth-order valence-corrected chi connectivity index (χ4v) is 3.66. The number of anilines is 1. The zero-order valence-electron chi connectivity index (χ0n) is 15.1. The molecule has 0 aliphatic rings. The zero-order valence-corrected chi connectivity index (χ0v) is 16.7. The third-order valence-electron chi connectivity index (χ3n) is 3.60. The van der Waals surface area contributed by atoms with Crippen LogP contribution in [-0.2, 0) is 20.7 Å². The van der Waals surface area contributed by atoms with Crippen molar-refractivity contribution in [2.24, 2.45) is 0 Å². The van der Waals surface area contributed by atoms with E-state index in [0.29, 0.717) is 10.6 Å². The normalized spacial score (nSPS) is 10.4. The number of aromatic nitrogens is 1. The monoisotopic (exact) mass is 410 g/mol. The van der Waals surface area contributed by atoms with E-state index in [1.807, 2.05) is 13.8 Å². The number of hydrogen-bond acceptors (Lipinski definition) is 7. The molecule has 0 unspecified atom stereocenters. The van der Waals surface area contributed by atoms with Gasteiger partial charge in [0.2, 0.25) is 0 Å². The van der Waals surface area contributed by atoms with E-state index in [1.165, 1.54) is 29.7 Å². The molecule has 0 saturated heterocycles. The molecule has 1 amide bonds. The number of esters is 2. The highest BCUT2D eigenvalue weighted by molar-refractivity contribution is 7.17. The molecule has 2 aromatic heterocycles. The number of pyridine rings is 1. The van der Waals surface area contributed by atoms with Crippen LogP contribution in [0, 0.1) is 6.92 Å². The maximum absolute atomic E-state index is 12.2. The van der Waals surface area contributed by atoms with Crippen molar-refractivity contribution in [1.82, 2.24) is 4.98 Å². The first kappa shape index (κ1) is 20.9. The molecule has 0 aromatic carbocycles. The van der Waals surface area contributed by atoms with Gasteiger partial charge in [0.05, 0.1) is 17.7 Å². The quantitative estimate of drug-likeness (QED) is 0.553. The van der Waals surface area contributed by atoms with Gasteiger partial charge in [0.25, 0.3) is 5.91 Å². The Morgan fingerprint density at radius 2 is 1.96 bits per heavy atom. The SMILES string of the molecule is CCOC(=O)c1c(NC(=O)COC(=O)c2ccnc(Cl)c2)sc(CC)c1C. The van der Waals surface area contributed by atoms with E-state index >= 15 is 0 Å². The van der Waals surface area contributed by atoms with Crippen molar-refractivity contribution < 1.29 is 23.9 Å². The molecule has 2 rings (SSSR count). The molecule has 0 radical (unpaired) electrons. The number of rotatable bonds is 7. The summed E-state index contributed by atoms with van der Waals surface area (Å²) in [6, 6.07) is 2.78. The predicted octanol–water partition coefficient (Wildman–Crippen LogP) is 3.64. The molecular formula is C18H19ClN2O5S. The maximum Gasteiger partial charge on any atom is 0.341 e. The van der Waals surface area contributed by atoms with Crippen LogP contribution >= 0.6 is 22.9 Å². The zero-order chi connectivity index (χ0) is 20.0. The van der Waals surface area contributed by atoms with Crippen LogP contribution in [0.2, 0.25) is 5.15 Å². The number of carbonyl (C=O) groups excluding carboxylic acids is 3. The van der Waals surface area contributed by atoms with Crippen LogP contribution in [0.5, 0.6) is 0 Å². The van der Waals surface area contributed by atoms with E-state index in [-0.39, 0.29) is 17.3 Å². The first-order valence-corrected chi connectivity index (χ1v) is 9.44. The summed E-state index contributed by atoms with van der Waals surface area (Å²) in [6.45, 7) is 5.21. The molecule has 27 heavy (non-hydrogen) atoms. The molecule has 0 saturated carbocycles. The Hall–Kier alpha value is -2.45. The fourth-order valence-electron chi connectivity index (χ4n) is 2.34. The minimum Gasteiger partial charge on any atom is -0.462 e. The van der Waals surface area contributed by atoms with Crippen LogP contribution in [0.4, 0.5) is 5.00 Å². The highest BCUT2D eigenvalue weighted by Crippen LogP contribution is 2.34. The van der Waals surface area contributed by atoms with Crippen molar-refractivity contribution in [2.45, 2.75) is 27.2 Å². The summed E-state index contributed by atoms with van der Waals surface area (Å²) in [5.74, 6) is -1.75. The second-order valence-corrected chi connectivity index (χ2v) is 6.91. The van der Waals surface area contributed by atoms with Gasteiger partial charge in [-0.1, -0.05) is 18.5 Å². The van der Waals surface area contributed by atoms with Crippen molar-refractivity contribution >= 4 is 45.8 Å². The molecular weight excluding hydrogens is 392 g/mol. The van der Waals surface area contributed by atoms with E-state index in [2.05, 4.69) is 10.3 Å². The van der Waals surface area contributed by atoms with Gasteiger partial charge < -0.3 is 14.8 Å². The Kier molecular flexibility index (Phi) is 7.32. The molecule has 1 N–H and O–H groups in total. The van der Waals surface area contributed by atoms with Crippen molar-refractivity contribution in [3.05, 3.63) is 45.1 Å². The molecule has 2 aromatic rings. The molecule has 0 aliphatic heterocycles. The fraction of sp³-hybridized carbons (Fsp3) is 0.333. The van der Waals surface area contributed by atoms with Gasteiger partial charge in [-0.2, -0.15) is 0 Å². The Balaban J connectivity index is 2.07. The van der Waals surface area contributed by atoms with E-state index in [0.717, 1.165) is 16.9 Å². The van der Waals surface area contributed by atoms with E-state index < -0.39 is 24.5 Å². The molecule has 0 aliphatic carbocycles. The van der Waals surface area contributed by atoms with Crippen LogP contribution in [-0.4, -0.2) is 36.0 Å². The van der Waals surface area contributed by atoms with Crippen LogP contribution in [0.1, 0.15) is 45.0 Å². The largest absolute Gasteiger partial charge is 0.462 e. The topological polar surface area (TPSA) is 94.6 Å². The van der Waals surface area contributed by atoms with Crippen molar-refractivity contribution in [3.8, 4) is 0 Å². The summed E-state index contributed by atoms with van der Waals surface area (Å²) in [4.78, 5) is 41.1. The molecule has 0 atom stereocenters. The maximum atomic E-state index is 12.2. The number of amides is 1. The van der Waals surface area contributed by atoms with Gasteiger partial charge in [0.15, 0.2) is 6.61 Å². The lowest BCUT2D eigenvalue weighted by molar-refractivity contribution is -0.119. The third-order valence-corrected chi connectivity index (χ3v) is 5.15. The van der Waals surface area contributed by atoms with E-state index in [4.69, 9.17) is 21.1 Å². The van der Waals surface area contributed by atoms with Gasteiger partial charge in [-0.05, 0) is 38.0 Å². The van der Waals surface area contributed by atoms with Crippen LogP contribution in [0.25, 0.3) is 0 Å². The second-order valence-electron chi connectivity index (χ2n) is 5.42. The number of ether oxygens (including phenoxy) is 2. The van der Waals surface area contributed by atoms with Gasteiger partial charge >= 0.3 is 11.9 Å². The van der Waals surface area contributed by atoms with E-state index in [1.54, 1.807) is 6.92 Å². The molecule has 0 bridgehead atoms. The number of thiophene rings is 1. The number of hydrogen-bond donors (Lipinski definition) is 1. The number of halogens is 1. The molecule has 7 nitrogen and oxygen atoms in total. The van der Waals surface area contributed by atoms with Gasteiger partial charge in [0.1, 0.15) is 10.2 Å². The highest BCUT2D eigenvalue weighted by Gasteiger charge is 2.23. The summed E-state index contributed by atoms with van der Waals surface area (Å²) in [5.41, 5.74) is 1.30. The molecule has 0 spiro atoms. The van der Waals surface area contributed by atoms with E-state index in [9.17, 15) is 14.4 Å². The summed E-state index contributed by atoms with van der Waals surface area (Å²) in [5, 5.41) is 3.16. The average molecular weight is 411 g/mol. The summed E-state index contributed by atoms with van der Waals surface area (Å²) < 4.78 is 10.0. The van der Waals surface area contributed by atoms with Gasteiger partial charge in [-0.25, -0.2) is 14.6 Å². The van der Waals surface area contributed by atoms with Gasteiger partial charge in [0, 0.05) is 11.1 Å². The van der Waals surface area contributed by atoms with Crippen LogP contribution < -0.4 is 5.32 Å². The lowest BCUT2D eigenvalue weighted by Crippen LogP contribution is -2.21. The molecule has 2 heterocycles. The summed E-state index contributed by atoms with van der Waals surface area (Å²) >= 11 is 7.02. The summed E-state index contributed by atoms with van der Waals surface area (Å²) in [6.07, 6.45) is 2.09. The Bertz CT molecular complexity index is 865. The minimum atomic E-state index is -0.698. The van der Waals surface area contributed by atoms with Crippen molar-refractivity contribution in [1.29, 1.82) is 0 Å².